The van der Waals surface area contributed by atoms with Crippen LogP contribution in [0, 0.1) is 0 Å². The van der Waals surface area contributed by atoms with Crippen molar-refractivity contribution in [2.45, 2.75) is 23.8 Å². The predicted octanol–water partition coefficient (Wildman–Crippen LogP) is 2.19. The van der Waals surface area contributed by atoms with Gasteiger partial charge in [0.15, 0.2) is 9.84 Å². The van der Waals surface area contributed by atoms with Crippen LogP contribution in [0.5, 0.6) is 0 Å². The summed E-state index contributed by atoms with van der Waals surface area (Å²) >= 11 is 1.15. The van der Waals surface area contributed by atoms with Crippen LogP contribution in [0.15, 0.2) is 46.7 Å². The van der Waals surface area contributed by atoms with Crippen molar-refractivity contribution in [2.24, 2.45) is 0 Å². The molecule has 1 aliphatic rings. The molecule has 1 aromatic heterocycles. The number of rotatable bonds is 4. The molecule has 2 heterocycles. The molecule has 0 saturated carbocycles. The van der Waals surface area contributed by atoms with Gasteiger partial charge >= 0.3 is 0 Å². The summed E-state index contributed by atoms with van der Waals surface area (Å²) in [5.74, 6) is -0.260. The molecular formula is C18H20N2O4S2. The van der Waals surface area contributed by atoms with Gasteiger partial charge in [-0.05, 0) is 31.0 Å². The fourth-order valence-electron chi connectivity index (χ4n) is 2.87. The van der Waals surface area contributed by atoms with Gasteiger partial charge in [-0.3, -0.25) is 9.59 Å². The van der Waals surface area contributed by atoms with E-state index in [-0.39, 0.29) is 22.8 Å². The molecule has 1 fully saturated rings. The molecule has 0 bridgehead atoms. The van der Waals surface area contributed by atoms with E-state index >= 15 is 0 Å². The first-order chi connectivity index (χ1) is 12.3. The van der Waals surface area contributed by atoms with E-state index in [1.54, 1.807) is 17.0 Å². The minimum atomic E-state index is -3.30. The molecule has 26 heavy (non-hydrogen) atoms. The van der Waals surface area contributed by atoms with Crippen LogP contribution >= 0.6 is 11.3 Å². The van der Waals surface area contributed by atoms with E-state index in [2.05, 4.69) is 5.32 Å². The van der Waals surface area contributed by atoms with Crippen molar-refractivity contribution in [3.05, 3.63) is 52.2 Å². The maximum atomic E-state index is 12.5. The van der Waals surface area contributed by atoms with Crippen LogP contribution in [0.2, 0.25) is 0 Å². The summed E-state index contributed by atoms with van der Waals surface area (Å²) in [6.45, 7) is 1.06. The number of piperidine rings is 1. The SMILES string of the molecule is CS(=O)(=O)c1csc(C(=O)N2CCC(NC(=O)c3ccccc3)CC2)c1. The Bertz CT molecular complexity index is 898. The van der Waals surface area contributed by atoms with Crippen molar-refractivity contribution in [1.82, 2.24) is 10.2 Å². The van der Waals surface area contributed by atoms with Crippen LogP contribution in [0.3, 0.4) is 0 Å². The normalized spacial score (nSPS) is 15.7. The Labute approximate surface area is 156 Å². The van der Waals surface area contributed by atoms with Gasteiger partial charge in [-0.2, -0.15) is 0 Å². The highest BCUT2D eigenvalue weighted by Gasteiger charge is 2.26. The maximum Gasteiger partial charge on any atom is 0.263 e. The van der Waals surface area contributed by atoms with E-state index in [1.807, 2.05) is 18.2 Å². The minimum absolute atomic E-state index is 0.0293. The first-order valence-electron chi connectivity index (χ1n) is 8.28. The zero-order valence-corrected chi connectivity index (χ0v) is 16.0. The van der Waals surface area contributed by atoms with E-state index in [0.717, 1.165) is 17.6 Å². The maximum absolute atomic E-state index is 12.5. The molecule has 6 nitrogen and oxygen atoms in total. The lowest BCUT2D eigenvalue weighted by molar-refractivity contribution is 0.0702. The van der Waals surface area contributed by atoms with Gasteiger partial charge in [-0.1, -0.05) is 18.2 Å². The third-order valence-corrected chi connectivity index (χ3v) is 6.53. The number of carbonyl (C=O) groups excluding carboxylic acids is 2. The Morgan fingerprint density at radius 3 is 2.38 bits per heavy atom. The quantitative estimate of drug-likeness (QED) is 0.864. The summed E-state index contributed by atoms with van der Waals surface area (Å²) in [5.41, 5.74) is 0.623. The number of hydrogen-bond acceptors (Lipinski definition) is 5. The second-order valence-corrected chi connectivity index (χ2v) is 9.25. The van der Waals surface area contributed by atoms with Crippen LogP contribution in [-0.2, 0) is 9.84 Å². The molecule has 0 unspecified atom stereocenters. The standard InChI is InChI=1S/C18H20N2O4S2/c1-26(23,24)15-11-16(25-12-15)18(22)20-9-7-14(8-10-20)19-17(21)13-5-3-2-4-6-13/h2-6,11-12,14H,7-10H2,1H3,(H,19,21). The van der Waals surface area contributed by atoms with E-state index in [9.17, 15) is 18.0 Å². The minimum Gasteiger partial charge on any atom is -0.349 e. The number of likely N-dealkylation sites (tertiary alicyclic amines) is 1. The van der Waals surface area contributed by atoms with E-state index < -0.39 is 9.84 Å². The zero-order chi connectivity index (χ0) is 18.7. The molecule has 2 amide bonds. The van der Waals surface area contributed by atoms with Crippen molar-refractivity contribution in [2.75, 3.05) is 19.3 Å². The van der Waals surface area contributed by atoms with Crippen LogP contribution in [0.4, 0.5) is 0 Å². The van der Waals surface area contributed by atoms with Gasteiger partial charge in [0.25, 0.3) is 11.8 Å². The molecule has 1 aliphatic heterocycles. The number of amides is 2. The van der Waals surface area contributed by atoms with Gasteiger partial charge in [0, 0.05) is 36.3 Å². The molecule has 1 N–H and O–H groups in total. The molecule has 2 aromatic rings. The third-order valence-electron chi connectivity index (χ3n) is 4.37. The molecule has 0 radical (unpaired) electrons. The largest absolute Gasteiger partial charge is 0.349 e. The number of sulfone groups is 1. The first-order valence-corrected chi connectivity index (χ1v) is 11.1. The molecule has 138 valence electrons. The zero-order valence-electron chi connectivity index (χ0n) is 14.3. The van der Waals surface area contributed by atoms with Crippen LogP contribution in [0.25, 0.3) is 0 Å². The van der Waals surface area contributed by atoms with Crippen molar-refractivity contribution in [3.8, 4) is 0 Å². The Kier molecular flexibility index (Phi) is 5.43. The second-order valence-electron chi connectivity index (χ2n) is 6.32. The molecule has 3 rings (SSSR count). The molecule has 8 heteroatoms. The number of carbonyl (C=O) groups is 2. The Morgan fingerprint density at radius 2 is 1.81 bits per heavy atom. The van der Waals surface area contributed by atoms with Crippen molar-refractivity contribution >= 4 is 33.0 Å². The Hall–Kier alpha value is -2.19. The van der Waals surface area contributed by atoms with Gasteiger partial charge in [0.1, 0.15) is 0 Å². The summed E-state index contributed by atoms with van der Waals surface area (Å²) < 4.78 is 23.1. The smallest absolute Gasteiger partial charge is 0.263 e. The summed E-state index contributed by atoms with van der Waals surface area (Å²) in [6, 6.07) is 10.5. The van der Waals surface area contributed by atoms with Crippen molar-refractivity contribution < 1.29 is 18.0 Å². The average Bonchev–Trinajstić information content (AvgIpc) is 3.13. The fourth-order valence-corrected chi connectivity index (χ4v) is 4.85. The molecular weight excluding hydrogens is 372 g/mol. The number of benzene rings is 1. The van der Waals surface area contributed by atoms with Crippen LogP contribution in [-0.4, -0.2) is 50.5 Å². The Morgan fingerprint density at radius 1 is 1.15 bits per heavy atom. The summed E-state index contributed by atoms with van der Waals surface area (Å²) in [7, 11) is -3.30. The number of hydrogen-bond donors (Lipinski definition) is 1. The molecule has 0 atom stereocenters. The van der Waals surface area contributed by atoms with E-state index in [1.165, 1.54) is 11.4 Å². The topological polar surface area (TPSA) is 83.6 Å². The first kappa shape index (κ1) is 18.6. The number of nitrogens with one attached hydrogen (secondary N) is 1. The molecule has 1 aromatic carbocycles. The third kappa shape index (κ3) is 4.31. The van der Waals surface area contributed by atoms with Gasteiger partial charge in [0.05, 0.1) is 9.77 Å². The number of thiophene rings is 1. The van der Waals surface area contributed by atoms with Gasteiger partial charge < -0.3 is 10.2 Å². The van der Waals surface area contributed by atoms with Gasteiger partial charge in [0.2, 0.25) is 0 Å². The fraction of sp³-hybridized carbons (Fsp3) is 0.333. The summed E-state index contributed by atoms with van der Waals surface area (Å²) in [5, 5.41) is 4.50. The van der Waals surface area contributed by atoms with E-state index in [4.69, 9.17) is 0 Å². The lowest BCUT2D eigenvalue weighted by atomic mass is 10.0. The second kappa shape index (κ2) is 7.59. The average molecular weight is 393 g/mol. The lowest BCUT2D eigenvalue weighted by Gasteiger charge is -2.32. The van der Waals surface area contributed by atoms with Crippen LogP contribution in [0.1, 0.15) is 32.9 Å². The predicted molar refractivity (Wildman–Crippen MR) is 100 cm³/mol. The van der Waals surface area contributed by atoms with Crippen molar-refractivity contribution in [3.63, 3.8) is 0 Å². The lowest BCUT2D eigenvalue weighted by Crippen LogP contribution is -2.46. The van der Waals surface area contributed by atoms with Crippen molar-refractivity contribution in [1.29, 1.82) is 0 Å². The highest BCUT2D eigenvalue weighted by molar-refractivity contribution is 7.90. The highest BCUT2D eigenvalue weighted by Crippen LogP contribution is 2.22. The number of nitrogens with zero attached hydrogens (tertiary/aromatic N) is 1. The summed E-state index contributed by atoms with van der Waals surface area (Å²) in [6.07, 6.45) is 2.48. The molecule has 1 saturated heterocycles. The Balaban J connectivity index is 1.56. The van der Waals surface area contributed by atoms with Gasteiger partial charge in [-0.25, -0.2) is 8.42 Å². The monoisotopic (exact) mass is 392 g/mol. The highest BCUT2D eigenvalue weighted by atomic mass is 32.2. The summed E-state index contributed by atoms with van der Waals surface area (Å²) in [4.78, 5) is 27.1. The van der Waals surface area contributed by atoms with E-state index in [0.29, 0.717) is 36.4 Å². The van der Waals surface area contributed by atoms with Crippen LogP contribution < -0.4 is 5.32 Å². The molecule has 0 spiro atoms. The molecule has 0 aliphatic carbocycles. The van der Waals surface area contributed by atoms with Gasteiger partial charge in [-0.15, -0.1) is 11.3 Å².